The van der Waals surface area contributed by atoms with Gasteiger partial charge in [0.25, 0.3) is 5.91 Å². The molecule has 5 fully saturated rings. The lowest BCUT2D eigenvalue weighted by atomic mass is 9.94. The summed E-state index contributed by atoms with van der Waals surface area (Å²) in [6.07, 6.45) is 5.17. The van der Waals surface area contributed by atoms with Crippen molar-refractivity contribution in [3.8, 4) is 17.3 Å². The maximum Gasteiger partial charge on any atom is 0.254 e. The highest BCUT2D eigenvalue weighted by Crippen LogP contribution is 2.44. The van der Waals surface area contributed by atoms with Crippen LogP contribution in [0.5, 0.6) is 5.75 Å². The Labute approximate surface area is 255 Å². The molecule has 1 aromatic carbocycles. The lowest BCUT2D eigenvalue weighted by Crippen LogP contribution is -2.72. The van der Waals surface area contributed by atoms with Gasteiger partial charge in [-0.25, -0.2) is 18.4 Å². The summed E-state index contributed by atoms with van der Waals surface area (Å²) < 4.78 is 34.3. The molecule has 5 aliphatic rings. The van der Waals surface area contributed by atoms with Gasteiger partial charge in [-0.05, 0) is 74.3 Å². The first-order valence-corrected chi connectivity index (χ1v) is 17.4. The maximum atomic E-state index is 13.7. The number of carbonyl (C=O) groups excluding carboxylic acids is 1. The summed E-state index contributed by atoms with van der Waals surface area (Å²) in [7, 11) is 0.639. The first kappa shape index (κ1) is 26.7. The maximum absolute atomic E-state index is 13.7. The molecule has 3 aliphatic heterocycles. The molecular formula is C32H37N7O4S. The summed E-state index contributed by atoms with van der Waals surface area (Å²) in [6.45, 7) is 2.58. The van der Waals surface area contributed by atoms with Gasteiger partial charge in [0.15, 0.2) is 15.7 Å². The number of hydrogen-bond donors (Lipinski definition) is 1. The monoisotopic (exact) mass is 615 g/mol. The summed E-state index contributed by atoms with van der Waals surface area (Å²) in [5.74, 6) is 3.48. The molecular weight excluding hydrogens is 578 g/mol. The molecule has 230 valence electrons. The van der Waals surface area contributed by atoms with Crippen molar-refractivity contribution in [1.29, 1.82) is 0 Å². The Morgan fingerprint density at radius 1 is 1.11 bits per heavy atom. The number of pyridine rings is 1. The molecule has 3 atom stereocenters. The van der Waals surface area contributed by atoms with Crippen LogP contribution in [-0.2, 0) is 23.4 Å². The molecule has 3 saturated heterocycles. The molecule has 2 N–H and O–H groups in total. The number of fused-ring (bicyclic) bond motifs is 4. The second-order valence-corrected chi connectivity index (χ2v) is 16.3. The first-order valence-electron chi connectivity index (χ1n) is 15.8. The highest BCUT2D eigenvalue weighted by molar-refractivity contribution is 7.94. The minimum Gasteiger partial charge on any atom is -0.494 e. The number of aromatic nitrogens is 4. The summed E-state index contributed by atoms with van der Waals surface area (Å²) in [5.41, 5.74) is 10.4. The quantitative estimate of drug-likeness (QED) is 0.351. The van der Waals surface area contributed by atoms with Crippen molar-refractivity contribution in [2.45, 2.75) is 55.5 Å². The van der Waals surface area contributed by atoms with E-state index in [9.17, 15) is 13.2 Å². The Balaban J connectivity index is 1.11. The highest BCUT2D eigenvalue weighted by atomic mass is 32.2. The first-order chi connectivity index (χ1) is 21.2. The third kappa shape index (κ3) is 3.64. The fourth-order valence-corrected chi connectivity index (χ4v) is 10.0. The van der Waals surface area contributed by atoms with Crippen molar-refractivity contribution in [3.63, 3.8) is 0 Å². The molecule has 6 heterocycles. The minimum atomic E-state index is -2.98. The zero-order chi connectivity index (χ0) is 30.1. The van der Waals surface area contributed by atoms with Crippen molar-refractivity contribution in [2.75, 3.05) is 37.4 Å². The molecule has 1 spiro atoms. The number of nitrogens with two attached hydrogens (primary N) is 1. The fraction of sp³-hybridized carbons (Fsp3) is 0.531. The summed E-state index contributed by atoms with van der Waals surface area (Å²) in [5, 5.41) is 1.02. The molecule has 4 aromatic rings. The van der Waals surface area contributed by atoms with E-state index in [1.54, 1.807) is 7.11 Å². The molecule has 0 radical (unpaired) electrons. The van der Waals surface area contributed by atoms with E-state index < -0.39 is 14.6 Å². The summed E-state index contributed by atoms with van der Waals surface area (Å²) >= 11 is 0. The molecule has 2 unspecified atom stereocenters. The van der Waals surface area contributed by atoms with E-state index in [0.717, 1.165) is 59.7 Å². The second kappa shape index (κ2) is 8.97. The van der Waals surface area contributed by atoms with E-state index in [0.29, 0.717) is 54.1 Å². The molecule has 12 heteroatoms. The number of likely N-dealkylation sites (tertiary alicyclic amines) is 1. The molecule has 2 bridgehead atoms. The Bertz CT molecular complexity index is 1990. The van der Waals surface area contributed by atoms with Gasteiger partial charge in [0.2, 0.25) is 0 Å². The number of amides is 1. The van der Waals surface area contributed by atoms with Crippen LogP contribution in [0.1, 0.15) is 42.5 Å². The molecule has 2 aliphatic carbocycles. The van der Waals surface area contributed by atoms with Crippen molar-refractivity contribution < 1.29 is 17.9 Å². The van der Waals surface area contributed by atoms with Gasteiger partial charge in [0.1, 0.15) is 27.5 Å². The van der Waals surface area contributed by atoms with Gasteiger partial charge >= 0.3 is 0 Å². The highest BCUT2D eigenvalue weighted by Gasteiger charge is 2.60. The lowest BCUT2D eigenvalue weighted by molar-refractivity contribution is 0.0700. The van der Waals surface area contributed by atoms with Crippen LogP contribution in [0.2, 0.25) is 0 Å². The number of anilines is 1. The number of rotatable bonds is 6. The van der Waals surface area contributed by atoms with E-state index in [1.165, 1.54) is 12.8 Å². The number of methoxy groups -OCH3 is 1. The van der Waals surface area contributed by atoms with Crippen LogP contribution in [0.4, 0.5) is 5.82 Å². The van der Waals surface area contributed by atoms with Gasteiger partial charge in [0.05, 0.1) is 24.1 Å². The van der Waals surface area contributed by atoms with E-state index in [2.05, 4.69) is 26.2 Å². The lowest BCUT2D eigenvalue weighted by Gasteiger charge is -2.54. The van der Waals surface area contributed by atoms with Crippen LogP contribution in [0, 0.1) is 11.8 Å². The number of carbonyl (C=O) groups is 1. The van der Waals surface area contributed by atoms with Crippen LogP contribution in [0.3, 0.4) is 0 Å². The van der Waals surface area contributed by atoms with Crippen molar-refractivity contribution >= 4 is 43.6 Å². The minimum absolute atomic E-state index is 0.0119. The third-order valence-corrected chi connectivity index (χ3v) is 13.7. The molecule has 9 rings (SSSR count). The SMILES string of the molecule is COc1cc(C(=O)N2CC3CCC2[C@@H]3N)cc2nc(-c3cc4ccc(N5CC6(CCS6(=O)=O)C5)nc4n3CC3CC3)n(C)c12. The standard InChI is InChI=1S/C32H37N7O4S/c1-36-28-22(11-21(13-25(28)43-2)31(40)39-15-20-5-7-23(39)27(20)33)34-30(36)24-12-19-6-8-26(35-29(19)38(24)14-18-3-4-18)37-16-32(17-37)9-10-44(32,41)42/h6,8,11-13,18,20,23,27H,3-5,7,9-10,14-17,33H2,1-2H3/t20?,23?,27-/m1/s1. The van der Waals surface area contributed by atoms with Gasteiger partial charge < -0.3 is 29.4 Å². The van der Waals surface area contributed by atoms with Crippen LogP contribution in [-0.4, -0.2) is 87.7 Å². The average molecular weight is 616 g/mol. The van der Waals surface area contributed by atoms with Gasteiger partial charge in [-0.1, -0.05) is 0 Å². The normalized spacial score (nSPS) is 26.5. The average Bonchev–Trinajstić information content (AvgIpc) is 3.40. The van der Waals surface area contributed by atoms with Gasteiger partial charge in [0, 0.05) is 56.3 Å². The third-order valence-electron chi connectivity index (χ3n) is 11.2. The van der Waals surface area contributed by atoms with Crippen LogP contribution in [0.25, 0.3) is 33.6 Å². The van der Waals surface area contributed by atoms with Gasteiger partial charge in [-0.2, -0.15) is 0 Å². The van der Waals surface area contributed by atoms with E-state index in [-0.39, 0.29) is 18.0 Å². The predicted octanol–water partition coefficient (Wildman–Crippen LogP) is 2.95. The largest absolute Gasteiger partial charge is 0.494 e. The fourth-order valence-electron chi connectivity index (χ4n) is 8.21. The number of hydrogen-bond acceptors (Lipinski definition) is 8. The number of piperidine rings is 1. The topological polar surface area (TPSA) is 129 Å². The summed E-state index contributed by atoms with van der Waals surface area (Å²) in [4.78, 5) is 27.9. The zero-order valence-corrected chi connectivity index (χ0v) is 25.9. The molecule has 11 nitrogen and oxygen atoms in total. The van der Waals surface area contributed by atoms with Crippen molar-refractivity contribution in [2.24, 2.45) is 24.6 Å². The van der Waals surface area contributed by atoms with Gasteiger partial charge in [-0.3, -0.25) is 4.79 Å². The Kier molecular flexibility index (Phi) is 5.45. The second-order valence-electron chi connectivity index (χ2n) is 13.8. The Morgan fingerprint density at radius 3 is 2.57 bits per heavy atom. The van der Waals surface area contributed by atoms with Crippen LogP contribution >= 0.6 is 0 Å². The molecule has 3 aromatic heterocycles. The molecule has 1 amide bonds. The van der Waals surface area contributed by atoms with Crippen molar-refractivity contribution in [3.05, 3.63) is 35.9 Å². The number of benzene rings is 1. The Morgan fingerprint density at radius 2 is 1.93 bits per heavy atom. The van der Waals surface area contributed by atoms with E-state index in [1.807, 2.05) is 30.1 Å². The smallest absolute Gasteiger partial charge is 0.254 e. The van der Waals surface area contributed by atoms with Crippen molar-refractivity contribution in [1.82, 2.24) is 24.0 Å². The zero-order valence-electron chi connectivity index (χ0n) is 25.1. The number of nitrogens with zero attached hydrogens (tertiary/aromatic N) is 6. The van der Waals surface area contributed by atoms with Crippen LogP contribution < -0.4 is 15.4 Å². The summed E-state index contributed by atoms with van der Waals surface area (Å²) in [6, 6.07) is 10.1. The number of aryl methyl sites for hydroxylation is 1. The Hall–Kier alpha value is -3.64. The molecule has 2 saturated carbocycles. The van der Waals surface area contributed by atoms with E-state index in [4.69, 9.17) is 20.4 Å². The molecule has 44 heavy (non-hydrogen) atoms. The number of ether oxygens (including phenoxy) is 1. The predicted molar refractivity (Wildman–Crippen MR) is 168 cm³/mol. The number of imidazole rings is 1. The number of sulfone groups is 1. The van der Waals surface area contributed by atoms with Gasteiger partial charge in [-0.15, -0.1) is 0 Å². The van der Waals surface area contributed by atoms with Crippen LogP contribution in [0.15, 0.2) is 30.3 Å². The van der Waals surface area contributed by atoms with E-state index >= 15 is 0 Å².